The Morgan fingerprint density at radius 3 is 2.54 bits per heavy atom. The lowest BCUT2D eigenvalue weighted by molar-refractivity contribution is -0.274. The second-order valence-electron chi connectivity index (χ2n) is 12.2. The lowest BCUT2D eigenvalue weighted by Crippen LogP contribution is -2.45. The minimum Gasteiger partial charge on any atom is -0.405 e. The fraction of sp³-hybridized carbons (Fsp3) is 0.452. The van der Waals surface area contributed by atoms with Gasteiger partial charge in [0.25, 0.3) is 16.0 Å². The largest absolute Gasteiger partial charge is 0.573 e. The molecule has 2 N–H and O–H groups in total. The molecule has 7 rings (SSSR count). The van der Waals surface area contributed by atoms with Gasteiger partial charge in [-0.25, -0.2) is 9.37 Å². The van der Waals surface area contributed by atoms with Crippen LogP contribution in [0.4, 0.5) is 22.7 Å². The normalized spacial score (nSPS) is 21.2. The smallest absolute Gasteiger partial charge is 0.405 e. The highest BCUT2D eigenvalue weighted by Crippen LogP contribution is 2.47. The summed E-state index contributed by atoms with van der Waals surface area (Å²) in [7, 11) is -4.26. The Balaban J connectivity index is 1.06. The van der Waals surface area contributed by atoms with E-state index in [9.17, 15) is 26.4 Å². The van der Waals surface area contributed by atoms with Gasteiger partial charge in [-0.2, -0.15) is 8.42 Å². The average Bonchev–Trinajstić information content (AvgIpc) is 3.52. The number of piperidine rings is 1. The van der Waals surface area contributed by atoms with Gasteiger partial charge in [0.05, 0.1) is 23.2 Å². The van der Waals surface area contributed by atoms with Crippen molar-refractivity contribution >= 4 is 42.7 Å². The summed E-state index contributed by atoms with van der Waals surface area (Å²) in [6.07, 6.45) is -0.173. The topological polar surface area (TPSA) is 144 Å². The van der Waals surface area contributed by atoms with Crippen LogP contribution in [0.15, 0.2) is 40.9 Å². The molecule has 2 aromatic carbocycles. The van der Waals surface area contributed by atoms with Crippen LogP contribution >= 0.6 is 11.3 Å². The van der Waals surface area contributed by atoms with Crippen molar-refractivity contribution in [2.24, 2.45) is 0 Å². The summed E-state index contributed by atoms with van der Waals surface area (Å²) in [6.45, 7) is -0.220. The number of benzene rings is 2. The molecule has 2 unspecified atom stereocenters. The molecule has 3 atom stereocenters. The van der Waals surface area contributed by atoms with Crippen LogP contribution in [0.3, 0.4) is 0 Å². The molecular formula is C31H30F4N4O7S2. The number of nitrogens with zero attached hydrogens (tertiary/aromatic N) is 3. The lowest BCUT2D eigenvalue weighted by atomic mass is 10.00. The van der Waals surface area contributed by atoms with E-state index in [2.05, 4.69) is 25.1 Å². The van der Waals surface area contributed by atoms with Crippen LogP contribution in [0.25, 0.3) is 21.5 Å². The van der Waals surface area contributed by atoms with E-state index >= 15 is 4.39 Å². The first-order chi connectivity index (χ1) is 22.8. The van der Waals surface area contributed by atoms with Crippen LogP contribution in [-0.4, -0.2) is 65.9 Å². The number of hydrogen-bond donors (Lipinski definition) is 2. The number of nitrogens with one attached hydrogen (secondary N) is 1. The van der Waals surface area contributed by atoms with E-state index in [0.717, 1.165) is 31.7 Å². The SMILES string of the molecule is O=C(NCCS(=O)(=O)O)c1cc(F)c2nc(N3C4CC[C@H]3CC(OCc3c(-c5ccccc5OC(F)(F)F)noc3C3CC3)C4)sc2c1. The summed E-state index contributed by atoms with van der Waals surface area (Å²) in [5.74, 6) is -1.63. The summed E-state index contributed by atoms with van der Waals surface area (Å²) < 4.78 is 102. The molecule has 48 heavy (non-hydrogen) atoms. The predicted octanol–water partition coefficient (Wildman–Crippen LogP) is 6.20. The van der Waals surface area contributed by atoms with Gasteiger partial charge in [0.2, 0.25) is 0 Å². The highest BCUT2D eigenvalue weighted by molar-refractivity contribution is 7.85. The van der Waals surface area contributed by atoms with Crippen molar-refractivity contribution in [3.8, 4) is 17.0 Å². The second kappa shape index (κ2) is 12.6. The molecule has 17 heteroatoms. The van der Waals surface area contributed by atoms with Crippen molar-refractivity contribution in [3.05, 3.63) is 59.1 Å². The van der Waals surface area contributed by atoms with Gasteiger partial charge in [-0.05, 0) is 62.8 Å². The van der Waals surface area contributed by atoms with Gasteiger partial charge >= 0.3 is 6.36 Å². The summed E-state index contributed by atoms with van der Waals surface area (Å²) in [5.41, 5.74) is 1.18. The minimum absolute atomic E-state index is 0.00637. The maximum Gasteiger partial charge on any atom is 0.573 e. The fourth-order valence-electron chi connectivity index (χ4n) is 6.61. The molecule has 2 aliphatic heterocycles. The standard InChI is InChI=1S/C31H30F4N4O7S2/c32-23-11-17(29(40)36-9-10-48(41,42)43)12-25-27(23)37-30(47-25)39-18-7-8-19(39)14-20(13-18)44-15-22-26(38-46-28(22)16-5-6-16)21-3-1-2-4-24(21)45-31(33,34)35/h1-4,11-12,16,18-20H,5-10,13-15H2,(H,36,40)(H,41,42,43)/t18-,19?,20?/m0/s1. The van der Waals surface area contributed by atoms with Crippen LogP contribution in [0.1, 0.15) is 66.1 Å². The number of rotatable bonds is 11. The molecule has 2 aromatic heterocycles. The number of fused-ring (bicyclic) bond motifs is 3. The third kappa shape index (κ3) is 6.99. The van der Waals surface area contributed by atoms with Crippen molar-refractivity contribution in [1.82, 2.24) is 15.5 Å². The Labute approximate surface area is 275 Å². The van der Waals surface area contributed by atoms with Gasteiger partial charge in [-0.3, -0.25) is 9.35 Å². The number of para-hydroxylation sites is 1. The van der Waals surface area contributed by atoms with E-state index < -0.39 is 34.0 Å². The molecule has 11 nitrogen and oxygen atoms in total. The third-order valence-corrected chi connectivity index (χ3v) is 10.6. The number of alkyl halides is 3. The quantitative estimate of drug-likeness (QED) is 0.136. The number of anilines is 1. The van der Waals surface area contributed by atoms with Crippen LogP contribution in [-0.2, 0) is 21.5 Å². The monoisotopic (exact) mass is 710 g/mol. The number of thiazole rings is 1. The van der Waals surface area contributed by atoms with Crippen molar-refractivity contribution in [2.45, 2.75) is 75.6 Å². The van der Waals surface area contributed by atoms with E-state index in [0.29, 0.717) is 34.0 Å². The van der Waals surface area contributed by atoms with E-state index in [1.165, 1.54) is 35.6 Å². The third-order valence-electron chi connectivity index (χ3n) is 8.85. The van der Waals surface area contributed by atoms with Crippen LogP contribution in [0, 0.1) is 5.82 Å². The first kappa shape index (κ1) is 32.7. The maximum atomic E-state index is 15.1. The van der Waals surface area contributed by atoms with Crippen molar-refractivity contribution < 1.29 is 49.3 Å². The molecule has 0 radical (unpaired) electrons. The fourth-order valence-corrected chi connectivity index (χ4v) is 8.13. The van der Waals surface area contributed by atoms with Gasteiger partial charge in [0, 0.05) is 41.2 Å². The van der Waals surface area contributed by atoms with Crippen molar-refractivity contribution in [1.29, 1.82) is 0 Å². The molecular weight excluding hydrogens is 680 g/mol. The number of amides is 1. The van der Waals surface area contributed by atoms with Gasteiger partial charge in [0.1, 0.15) is 22.7 Å². The van der Waals surface area contributed by atoms with E-state index in [-0.39, 0.29) is 65.3 Å². The van der Waals surface area contributed by atoms with Crippen molar-refractivity contribution in [2.75, 3.05) is 17.2 Å². The summed E-state index contributed by atoms with van der Waals surface area (Å²) in [5, 5.41) is 7.14. The Kier molecular flexibility index (Phi) is 8.58. The van der Waals surface area contributed by atoms with Crippen LogP contribution < -0.4 is 15.0 Å². The Bertz CT molecular complexity index is 1950. The number of carbonyl (C=O) groups excluding carboxylic acids is 1. The van der Waals surface area contributed by atoms with Crippen LogP contribution in [0.5, 0.6) is 5.75 Å². The van der Waals surface area contributed by atoms with Crippen molar-refractivity contribution in [3.63, 3.8) is 0 Å². The molecule has 1 amide bonds. The summed E-state index contributed by atoms with van der Waals surface area (Å²) in [4.78, 5) is 19.3. The van der Waals surface area contributed by atoms with Gasteiger partial charge in [0.15, 0.2) is 10.9 Å². The lowest BCUT2D eigenvalue weighted by Gasteiger charge is -2.38. The average molecular weight is 711 g/mol. The molecule has 2 bridgehead atoms. The highest BCUT2D eigenvalue weighted by atomic mass is 32.2. The summed E-state index contributed by atoms with van der Waals surface area (Å²) in [6, 6.07) is 8.50. The molecule has 2 saturated heterocycles. The molecule has 3 aliphatic rings. The van der Waals surface area contributed by atoms with Gasteiger partial charge in [-0.1, -0.05) is 28.6 Å². The molecule has 4 aromatic rings. The molecule has 4 heterocycles. The molecule has 3 fully saturated rings. The van der Waals surface area contributed by atoms with Gasteiger partial charge < -0.3 is 24.2 Å². The van der Waals surface area contributed by atoms with Gasteiger partial charge in [-0.15, -0.1) is 13.2 Å². The highest BCUT2D eigenvalue weighted by Gasteiger charge is 2.43. The van der Waals surface area contributed by atoms with Crippen LogP contribution in [0.2, 0.25) is 0 Å². The maximum absolute atomic E-state index is 15.1. The first-order valence-corrected chi connectivity index (χ1v) is 17.8. The number of aromatic nitrogens is 2. The summed E-state index contributed by atoms with van der Waals surface area (Å²) >= 11 is 1.26. The van der Waals surface area contributed by atoms with E-state index in [1.54, 1.807) is 6.07 Å². The molecule has 1 saturated carbocycles. The number of carbonyl (C=O) groups is 1. The molecule has 256 valence electrons. The Morgan fingerprint density at radius 2 is 1.85 bits per heavy atom. The number of hydrogen-bond acceptors (Lipinski definition) is 10. The molecule has 1 aliphatic carbocycles. The Hall–Kier alpha value is -3.80. The zero-order valence-corrected chi connectivity index (χ0v) is 26.8. The zero-order chi connectivity index (χ0) is 33.8. The predicted molar refractivity (Wildman–Crippen MR) is 166 cm³/mol. The number of ether oxygens (including phenoxy) is 2. The number of halogens is 4. The molecule has 0 spiro atoms. The van der Waals surface area contributed by atoms with E-state index in [4.69, 9.17) is 13.8 Å². The van der Waals surface area contributed by atoms with E-state index in [1.807, 2.05) is 0 Å². The minimum atomic E-state index is -4.87. The second-order valence-corrected chi connectivity index (χ2v) is 14.8. The zero-order valence-electron chi connectivity index (χ0n) is 25.2. The first-order valence-electron chi connectivity index (χ1n) is 15.4. The Morgan fingerprint density at radius 1 is 1.12 bits per heavy atom.